The molecule has 0 saturated heterocycles. The van der Waals surface area contributed by atoms with Crippen molar-refractivity contribution in [2.45, 2.75) is 26.2 Å². The molecule has 1 N–H and O–H groups in total. The molecule has 4 rings (SSSR count). The maximum atomic E-state index is 13.2. The first-order valence-electron chi connectivity index (χ1n) is 8.61. The van der Waals surface area contributed by atoms with Gasteiger partial charge in [0, 0.05) is 16.6 Å². The molecule has 1 aliphatic carbocycles. The van der Waals surface area contributed by atoms with Gasteiger partial charge >= 0.3 is 5.97 Å². The van der Waals surface area contributed by atoms with Gasteiger partial charge in [-0.05, 0) is 68.1 Å². The van der Waals surface area contributed by atoms with Gasteiger partial charge in [-0.3, -0.25) is 14.2 Å². The quantitative estimate of drug-likeness (QED) is 0.760. The average Bonchev–Trinajstić information content (AvgIpc) is 2.94. The topological polar surface area (TPSA) is 59.3 Å². The Morgan fingerprint density at radius 1 is 1.15 bits per heavy atom. The molecule has 0 saturated carbocycles. The summed E-state index contributed by atoms with van der Waals surface area (Å²) < 4.78 is 14.9. The molecule has 0 fully saturated rings. The van der Waals surface area contributed by atoms with E-state index in [9.17, 15) is 19.1 Å². The molecule has 2 aromatic carbocycles. The number of benzene rings is 2. The zero-order valence-electron chi connectivity index (χ0n) is 14.3. The van der Waals surface area contributed by atoms with Crippen molar-refractivity contribution in [3.05, 3.63) is 70.7 Å². The van der Waals surface area contributed by atoms with Crippen LogP contribution in [0.25, 0.3) is 10.9 Å². The molecule has 1 aromatic heterocycles. The third-order valence-corrected chi connectivity index (χ3v) is 5.16. The summed E-state index contributed by atoms with van der Waals surface area (Å²) in [6, 6.07) is 11.4. The highest BCUT2D eigenvalue weighted by Crippen LogP contribution is 2.35. The Morgan fingerprint density at radius 3 is 2.58 bits per heavy atom. The van der Waals surface area contributed by atoms with Crippen LogP contribution in [-0.4, -0.2) is 21.6 Å². The van der Waals surface area contributed by atoms with E-state index in [1.165, 1.54) is 24.3 Å². The summed E-state index contributed by atoms with van der Waals surface area (Å²) in [5, 5.41) is 10.3. The van der Waals surface area contributed by atoms with E-state index < -0.39 is 11.9 Å². The number of aryl methyl sites for hydroxylation is 1. The third kappa shape index (κ3) is 2.60. The van der Waals surface area contributed by atoms with Gasteiger partial charge in [0.05, 0.1) is 11.4 Å². The van der Waals surface area contributed by atoms with Gasteiger partial charge in [0.2, 0.25) is 0 Å². The Balaban J connectivity index is 1.91. The molecular weight excluding hydrogens is 333 g/mol. The number of halogens is 1. The minimum Gasteiger partial charge on any atom is -0.481 e. The summed E-state index contributed by atoms with van der Waals surface area (Å²) in [5.74, 6) is -1.83. The van der Waals surface area contributed by atoms with Crippen molar-refractivity contribution < 1.29 is 19.1 Å². The van der Waals surface area contributed by atoms with Gasteiger partial charge in [0.25, 0.3) is 5.91 Å². The molecule has 132 valence electrons. The van der Waals surface area contributed by atoms with Crippen molar-refractivity contribution in [1.82, 2.24) is 4.57 Å². The third-order valence-electron chi connectivity index (χ3n) is 5.16. The first kappa shape index (κ1) is 16.5. The Labute approximate surface area is 149 Å². The van der Waals surface area contributed by atoms with Crippen LogP contribution in [-0.2, 0) is 17.6 Å². The van der Waals surface area contributed by atoms with Gasteiger partial charge in [-0.25, -0.2) is 4.39 Å². The lowest BCUT2D eigenvalue weighted by Gasteiger charge is -2.20. The number of carbonyl (C=O) groups excluding carboxylic acids is 1. The summed E-state index contributed by atoms with van der Waals surface area (Å²) in [6.07, 6.45) is 1.47. The summed E-state index contributed by atoms with van der Waals surface area (Å²) >= 11 is 0. The highest BCUT2D eigenvalue weighted by atomic mass is 19.1. The molecule has 1 heterocycles. The second-order valence-corrected chi connectivity index (χ2v) is 6.87. The van der Waals surface area contributed by atoms with Crippen molar-refractivity contribution in [1.29, 1.82) is 0 Å². The lowest BCUT2D eigenvalue weighted by Crippen LogP contribution is -2.24. The monoisotopic (exact) mass is 351 g/mol. The first-order valence-corrected chi connectivity index (χ1v) is 8.61. The van der Waals surface area contributed by atoms with Crippen LogP contribution in [0.3, 0.4) is 0 Å². The molecule has 1 unspecified atom stereocenters. The van der Waals surface area contributed by atoms with E-state index in [4.69, 9.17) is 0 Å². The second kappa shape index (κ2) is 6.09. The number of fused-ring (bicyclic) bond motifs is 3. The summed E-state index contributed by atoms with van der Waals surface area (Å²) in [6.45, 7) is 1.97. The predicted octanol–water partition coefficient (Wildman–Crippen LogP) is 3.97. The maximum absolute atomic E-state index is 13.2. The molecule has 0 spiro atoms. The second-order valence-electron chi connectivity index (χ2n) is 6.87. The number of nitrogens with zero attached hydrogens (tertiary/aromatic N) is 1. The van der Waals surface area contributed by atoms with E-state index in [-0.39, 0.29) is 11.7 Å². The minimum atomic E-state index is -0.797. The van der Waals surface area contributed by atoms with Crippen molar-refractivity contribution >= 4 is 22.8 Å². The highest BCUT2D eigenvalue weighted by molar-refractivity contribution is 6.04. The van der Waals surface area contributed by atoms with Crippen molar-refractivity contribution in [2.75, 3.05) is 0 Å². The van der Waals surface area contributed by atoms with E-state index in [1.807, 2.05) is 25.1 Å². The zero-order chi connectivity index (χ0) is 18.4. The van der Waals surface area contributed by atoms with E-state index in [1.54, 1.807) is 4.57 Å². The van der Waals surface area contributed by atoms with Gasteiger partial charge in [-0.1, -0.05) is 11.6 Å². The molecule has 4 nitrogen and oxygen atoms in total. The van der Waals surface area contributed by atoms with E-state index >= 15 is 0 Å². The van der Waals surface area contributed by atoms with Gasteiger partial charge in [0.1, 0.15) is 5.82 Å². The Hall–Kier alpha value is -2.95. The highest BCUT2D eigenvalue weighted by Gasteiger charge is 2.31. The van der Waals surface area contributed by atoms with Gasteiger partial charge in [-0.15, -0.1) is 0 Å². The molecule has 1 aliphatic rings. The molecule has 0 amide bonds. The molecule has 0 aliphatic heterocycles. The predicted molar refractivity (Wildman–Crippen MR) is 96.0 cm³/mol. The largest absolute Gasteiger partial charge is 0.481 e. The fourth-order valence-electron chi connectivity index (χ4n) is 3.84. The van der Waals surface area contributed by atoms with Crippen LogP contribution < -0.4 is 0 Å². The smallest absolute Gasteiger partial charge is 0.306 e. The van der Waals surface area contributed by atoms with Crippen LogP contribution in [0.4, 0.5) is 4.39 Å². The van der Waals surface area contributed by atoms with Crippen LogP contribution in [0.5, 0.6) is 0 Å². The number of carboxylic acids is 1. The van der Waals surface area contributed by atoms with E-state index in [0.29, 0.717) is 24.8 Å². The lowest BCUT2D eigenvalue weighted by molar-refractivity contribution is -0.142. The van der Waals surface area contributed by atoms with Crippen LogP contribution >= 0.6 is 0 Å². The fourth-order valence-corrected chi connectivity index (χ4v) is 3.84. The minimum absolute atomic E-state index is 0.214. The number of hydrogen-bond acceptors (Lipinski definition) is 2. The van der Waals surface area contributed by atoms with Gasteiger partial charge < -0.3 is 5.11 Å². The van der Waals surface area contributed by atoms with Crippen LogP contribution in [0.1, 0.15) is 33.6 Å². The molecule has 0 bridgehead atoms. The molecule has 0 radical (unpaired) electrons. The number of carbonyl (C=O) groups is 2. The molecule has 1 atom stereocenters. The lowest BCUT2D eigenvalue weighted by atomic mass is 9.86. The normalized spacial score (nSPS) is 16.5. The summed E-state index contributed by atoms with van der Waals surface area (Å²) in [7, 11) is 0. The summed E-state index contributed by atoms with van der Waals surface area (Å²) in [5.41, 5.74) is 4.06. The standard InChI is InChI=1S/C21H18FNO3/c1-12-2-8-18-16(10-12)17-11-14(21(25)26)5-9-19(17)23(18)20(24)13-3-6-15(22)7-4-13/h2-4,6-8,10,14H,5,9,11H2,1H3,(H,25,26). The van der Waals surface area contributed by atoms with Crippen LogP contribution in [0, 0.1) is 18.7 Å². The Bertz CT molecular complexity index is 1030. The first-order chi connectivity index (χ1) is 12.5. The van der Waals surface area contributed by atoms with Crippen LogP contribution in [0.2, 0.25) is 0 Å². The Kier molecular flexibility index (Phi) is 3.87. The van der Waals surface area contributed by atoms with Crippen molar-refractivity contribution in [3.63, 3.8) is 0 Å². The van der Waals surface area contributed by atoms with Gasteiger partial charge in [0.15, 0.2) is 0 Å². The number of aromatic nitrogens is 1. The average molecular weight is 351 g/mol. The molecule has 26 heavy (non-hydrogen) atoms. The van der Waals surface area contributed by atoms with E-state index in [0.717, 1.165) is 27.7 Å². The molecule has 5 heteroatoms. The fraction of sp³-hybridized carbons (Fsp3) is 0.238. The summed E-state index contributed by atoms with van der Waals surface area (Å²) in [4.78, 5) is 24.6. The number of aliphatic carboxylic acids is 1. The van der Waals surface area contributed by atoms with E-state index in [2.05, 4.69) is 0 Å². The number of hydrogen-bond donors (Lipinski definition) is 1. The number of rotatable bonds is 2. The zero-order valence-corrected chi connectivity index (χ0v) is 14.3. The van der Waals surface area contributed by atoms with Gasteiger partial charge in [-0.2, -0.15) is 0 Å². The molecular formula is C21H18FNO3. The number of carboxylic acid groups (broad SMARTS) is 1. The van der Waals surface area contributed by atoms with Crippen molar-refractivity contribution in [2.24, 2.45) is 5.92 Å². The maximum Gasteiger partial charge on any atom is 0.306 e. The van der Waals surface area contributed by atoms with Crippen LogP contribution in [0.15, 0.2) is 42.5 Å². The molecule has 3 aromatic rings. The Morgan fingerprint density at radius 2 is 1.88 bits per heavy atom. The SMILES string of the molecule is Cc1ccc2c(c1)c1c(n2C(=O)c2ccc(F)cc2)CCC(C(=O)O)C1. The van der Waals surface area contributed by atoms with Crippen molar-refractivity contribution in [3.8, 4) is 0 Å².